The molecule has 3 heterocycles. The van der Waals surface area contributed by atoms with Crippen LogP contribution in [0.25, 0.3) is 11.0 Å². The van der Waals surface area contributed by atoms with Crippen LogP contribution in [0.15, 0.2) is 51.7 Å². The van der Waals surface area contributed by atoms with Crippen LogP contribution in [0.5, 0.6) is 5.75 Å². The van der Waals surface area contributed by atoms with E-state index in [4.69, 9.17) is 13.9 Å². The first-order valence-corrected chi connectivity index (χ1v) is 13.2. The van der Waals surface area contributed by atoms with Crippen molar-refractivity contribution in [3.05, 3.63) is 75.1 Å². The summed E-state index contributed by atoms with van der Waals surface area (Å²) in [6.45, 7) is 13.6. The third-order valence-corrected chi connectivity index (χ3v) is 7.32. The van der Waals surface area contributed by atoms with Gasteiger partial charge in [0.05, 0.1) is 36.8 Å². The molecule has 2 aliphatic rings. The third-order valence-electron chi connectivity index (χ3n) is 7.32. The Morgan fingerprint density at radius 2 is 1.73 bits per heavy atom. The van der Waals surface area contributed by atoms with Gasteiger partial charge in [0, 0.05) is 32.2 Å². The predicted octanol–water partition coefficient (Wildman–Crippen LogP) is 4.76. The van der Waals surface area contributed by atoms with Crippen LogP contribution >= 0.6 is 0 Å². The number of carbonyl (C=O) groups excluding carboxylic acids is 1. The number of hydrogen-bond acceptors (Lipinski definition) is 6. The lowest BCUT2D eigenvalue weighted by atomic mass is 9.86. The Morgan fingerprint density at radius 1 is 1.00 bits per heavy atom. The van der Waals surface area contributed by atoms with Gasteiger partial charge in [-0.15, -0.1) is 0 Å². The molecule has 7 nitrogen and oxygen atoms in total. The number of fused-ring (bicyclic) bond motifs is 2. The zero-order valence-corrected chi connectivity index (χ0v) is 22.2. The van der Waals surface area contributed by atoms with Crippen molar-refractivity contribution >= 4 is 16.9 Å². The van der Waals surface area contributed by atoms with Crippen LogP contribution in [-0.2, 0) is 10.2 Å². The Kier molecular flexibility index (Phi) is 7.10. The zero-order chi connectivity index (χ0) is 26.2. The lowest BCUT2D eigenvalue weighted by Crippen LogP contribution is -2.38. The van der Waals surface area contributed by atoms with Gasteiger partial charge < -0.3 is 18.8 Å². The molecule has 7 heteroatoms. The van der Waals surface area contributed by atoms with Crippen molar-refractivity contribution in [1.82, 2.24) is 9.80 Å². The fourth-order valence-electron chi connectivity index (χ4n) is 5.29. The van der Waals surface area contributed by atoms with Gasteiger partial charge in [-0.2, -0.15) is 0 Å². The summed E-state index contributed by atoms with van der Waals surface area (Å²) < 4.78 is 17.2. The molecule has 5 rings (SSSR count). The molecule has 2 aromatic carbocycles. The maximum atomic E-state index is 13.8. The van der Waals surface area contributed by atoms with Crippen molar-refractivity contribution in [2.75, 3.05) is 46.0 Å². The molecule has 0 saturated carbocycles. The number of rotatable bonds is 7. The van der Waals surface area contributed by atoms with Crippen LogP contribution in [0.3, 0.4) is 0 Å². The SMILES string of the molecule is CCOc1ccc2c(=O)c3c(oc2c1)C(=O)N(CCCN1CCOCC1)C3c1ccc(C(C)(C)C)cc1. The highest BCUT2D eigenvalue weighted by Gasteiger charge is 2.42. The van der Waals surface area contributed by atoms with Gasteiger partial charge in [-0.3, -0.25) is 14.5 Å². The van der Waals surface area contributed by atoms with E-state index in [0.29, 0.717) is 35.4 Å². The minimum atomic E-state index is -0.478. The van der Waals surface area contributed by atoms with Crippen LogP contribution in [0.2, 0.25) is 0 Å². The van der Waals surface area contributed by atoms with Crippen molar-refractivity contribution in [2.24, 2.45) is 0 Å². The largest absolute Gasteiger partial charge is 0.494 e. The number of amides is 1. The summed E-state index contributed by atoms with van der Waals surface area (Å²) in [4.78, 5) is 31.7. The van der Waals surface area contributed by atoms with Crippen LogP contribution < -0.4 is 10.2 Å². The molecule has 0 radical (unpaired) electrons. The second kappa shape index (κ2) is 10.3. The quantitative estimate of drug-likeness (QED) is 0.462. The van der Waals surface area contributed by atoms with Gasteiger partial charge in [-0.25, -0.2) is 0 Å². The van der Waals surface area contributed by atoms with E-state index in [1.165, 1.54) is 5.56 Å². The predicted molar refractivity (Wildman–Crippen MR) is 144 cm³/mol. The number of carbonyl (C=O) groups is 1. The van der Waals surface area contributed by atoms with E-state index in [9.17, 15) is 9.59 Å². The summed E-state index contributed by atoms with van der Waals surface area (Å²) in [5.74, 6) is 0.519. The average molecular weight is 505 g/mol. The van der Waals surface area contributed by atoms with Crippen molar-refractivity contribution in [3.63, 3.8) is 0 Å². The van der Waals surface area contributed by atoms with E-state index in [2.05, 4.69) is 37.8 Å². The third kappa shape index (κ3) is 5.03. The Labute approximate surface area is 218 Å². The van der Waals surface area contributed by atoms with Gasteiger partial charge in [-0.1, -0.05) is 45.0 Å². The summed E-state index contributed by atoms with van der Waals surface area (Å²) in [5, 5.41) is 0.460. The van der Waals surface area contributed by atoms with E-state index < -0.39 is 6.04 Å². The molecule has 2 aliphatic heterocycles. The maximum absolute atomic E-state index is 13.8. The van der Waals surface area contributed by atoms with Gasteiger partial charge in [0.15, 0.2) is 5.43 Å². The minimum Gasteiger partial charge on any atom is -0.494 e. The Morgan fingerprint density at radius 3 is 2.41 bits per heavy atom. The molecule has 196 valence electrons. The molecule has 1 saturated heterocycles. The monoisotopic (exact) mass is 504 g/mol. The van der Waals surface area contributed by atoms with Gasteiger partial charge in [-0.05, 0) is 42.0 Å². The average Bonchev–Trinajstić information content (AvgIpc) is 3.16. The van der Waals surface area contributed by atoms with Crippen molar-refractivity contribution < 1.29 is 18.7 Å². The topological polar surface area (TPSA) is 72.2 Å². The van der Waals surface area contributed by atoms with E-state index in [1.807, 2.05) is 24.0 Å². The summed E-state index contributed by atoms with van der Waals surface area (Å²) >= 11 is 0. The first kappa shape index (κ1) is 25.5. The highest BCUT2D eigenvalue weighted by Crippen LogP contribution is 2.39. The molecule has 1 fully saturated rings. The molecule has 0 bridgehead atoms. The number of nitrogens with zero attached hydrogens (tertiary/aromatic N) is 2. The van der Waals surface area contributed by atoms with Gasteiger partial charge in [0.25, 0.3) is 5.91 Å². The summed E-state index contributed by atoms with van der Waals surface area (Å²) in [7, 11) is 0. The van der Waals surface area contributed by atoms with Crippen molar-refractivity contribution in [3.8, 4) is 5.75 Å². The van der Waals surface area contributed by atoms with Gasteiger partial charge in [0.2, 0.25) is 5.76 Å². The molecule has 0 N–H and O–H groups in total. The molecule has 1 amide bonds. The normalized spacial score (nSPS) is 18.4. The molecule has 1 aromatic heterocycles. The van der Waals surface area contributed by atoms with E-state index >= 15 is 0 Å². The molecular weight excluding hydrogens is 468 g/mol. The second-order valence-electron chi connectivity index (χ2n) is 10.8. The molecular formula is C30H36N2O5. The first-order valence-electron chi connectivity index (χ1n) is 13.2. The molecule has 3 aromatic rings. The number of ether oxygens (including phenoxy) is 2. The number of hydrogen-bond donors (Lipinski definition) is 0. The van der Waals surface area contributed by atoms with Crippen molar-refractivity contribution in [1.29, 1.82) is 0 Å². The van der Waals surface area contributed by atoms with Gasteiger partial charge in [0.1, 0.15) is 11.3 Å². The fourth-order valence-corrected chi connectivity index (χ4v) is 5.29. The van der Waals surface area contributed by atoms with Crippen LogP contribution in [0.4, 0.5) is 0 Å². The lowest BCUT2D eigenvalue weighted by Gasteiger charge is -2.29. The maximum Gasteiger partial charge on any atom is 0.290 e. The lowest BCUT2D eigenvalue weighted by molar-refractivity contribution is 0.0353. The minimum absolute atomic E-state index is 0.00722. The molecule has 0 spiro atoms. The van der Waals surface area contributed by atoms with E-state index in [-0.39, 0.29) is 22.5 Å². The molecule has 0 aliphatic carbocycles. The molecule has 37 heavy (non-hydrogen) atoms. The smallest absolute Gasteiger partial charge is 0.290 e. The molecule has 1 unspecified atom stereocenters. The Balaban J connectivity index is 1.54. The summed E-state index contributed by atoms with van der Waals surface area (Å²) in [5.41, 5.74) is 2.77. The summed E-state index contributed by atoms with van der Waals surface area (Å²) in [6.07, 6.45) is 0.804. The zero-order valence-electron chi connectivity index (χ0n) is 22.2. The Bertz CT molecular complexity index is 1330. The van der Waals surface area contributed by atoms with Crippen LogP contribution in [0.1, 0.15) is 67.4 Å². The van der Waals surface area contributed by atoms with E-state index in [0.717, 1.165) is 44.8 Å². The second-order valence-corrected chi connectivity index (χ2v) is 10.8. The Hall–Kier alpha value is -3.16. The van der Waals surface area contributed by atoms with E-state index in [1.54, 1.807) is 18.2 Å². The number of morpholine rings is 1. The summed E-state index contributed by atoms with van der Waals surface area (Å²) in [6, 6.07) is 13.0. The first-order chi connectivity index (χ1) is 17.8. The fraction of sp³-hybridized carbons (Fsp3) is 0.467. The van der Waals surface area contributed by atoms with Gasteiger partial charge >= 0.3 is 0 Å². The molecule has 1 atom stereocenters. The van der Waals surface area contributed by atoms with Crippen molar-refractivity contribution in [2.45, 2.75) is 45.6 Å². The van der Waals surface area contributed by atoms with Crippen LogP contribution in [-0.4, -0.2) is 61.7 Å². The highest BCUT2D eigenvalue weighted by atomic mass is 16.5. The highest BCUT2D eigenvalue weighted by molar-refractivity contribution is 5.99. The van der Waals surface area contributed by atoms with Crippen LogP contribution in [0, 0.1) is 0 Å². The number of benzene rings is 2. The standard InChI is InChI=1S/C30H36N2O5/c1-5-36-22-11-12-23-24(19-22)37-28-25(27(23)33)26(20-7-9-21(10-8-20)30(2,3)4)32(29(28)34)14-6-13-31-15-17-35-18-16-31/h7-12,19,26H,5-6,13-18H2,1-4H3.